The molecule has 0 aromatic heterocycles. The van der Waals surface area contributed by atoms with Crippen molar-refractivity contribution in [1.29, 1.82) is 0 Å². The molecule has 2 aromatic carbocycles. The molecule has 5 N–H and O–H groups in total. The van der Waals surface area contributed by atoms with E-state index in [2.05, 4.69) is 0 Å². The highest BCUT2D eigenvalue weighted by Gasteiger charge is 2.56. The fraction of sp³-hybridized carbons (Fsp3) is 0.409. The Balaban J connectivity index is 2.68. The van der Waals surface area contributed by atoms with Crippen molar-refractivity contribution in [2.24, 2.45) is 0 Å². The van der Waals surface area contributed by atoms with Gasteiger partial charge in [-0.15, -0.1) is 0 Å². The second-order valence-corrected chi connectivity index (χ2v) is 13.2. The number of carbonyl (C=O) groups excluding carboxylic acids is 1. The topological polar surface area (TPSA) is 118 Å². The maximum Gasteiger partial charge on any atom is 0.157 e. The summed E-state index contributed by atoms with van der Waals surface area (Å²) in [6.45, 7) is 5.91. The highest BCUT2D eigenvalue weighted by Crippen LogP contribution is 2.39. The summed E-state index contributed by atoms with van der Waals surface area (Å²) in [5, 5.41) is 53.6. The standard InChI is InChI=1S/C22H30O6Si/c1-22(2,3)29(15-10-6-4-7-11-15,16-12-8-5-9-13-16)21(28)20(27)19(26)18(25)17(24)14-23/h4-14,17-21,24-28H,1-3H3/t17-,18+,19-,20-,21?/m0/s1. The van der Waals surface area contributed by atoms with Gasteiger partial charge >= 0.3 is 0 Å². The number of hydrogen-bond acceptors (Lipinski definition) is 6. The molecular formula is C22H30O6Si. The molecule has 0 heterocycles. The molecule has 0 fully saturated rings. The van der Waals surface area contributed by atoms with Gasteiger partial charge in [-0.05, 0) is 5.04 Å². The molecule has 2 aromatic rings. The van der Waals surface area contributed by atoms with Gasteiger partial charge in [-0.1, -0.05) is 91.8 Å². The first-order chi connectivity index (χ1) is 13.6. The van der Waals surface area contributed by atoms with E-state index < -0.39 is 43.3 Å². The summed E-state index contributed by atoms with van der Waals surface area (Å²) < 4.78 is 0. The van der Waals surface area contributed by atoms with Crippen molar-refractivity contribution in [2.75, 3.05) is 0 Å². The van der Waals surface area contributed by atoms with Crippen LogP contribution in [0.5, 0.6) is 0 Å². The number of aliphatic hydroxyl groups excluding tert-OH is 5. The molecule has 158 valence electrons. The Labute approximate surface area is 172 Å². The lowest BCUT2D eigenvalue weighted by Gasteiger charge is -2.49. The Hall–Kier alpha value is -1.87. The third kappa shape index (κ3) is 4.35. The molecule has 0 saturated carbocycles. The van der Waals surface area contributed by atoms with E-state index in [4.69, 9.17) is 0 Å². The smallest absolute Gasteiger partial charge is 0.157 e. The highest BCUT2D eigenvalue weighted by atomic mass is 28.3. The summed E-state index contributed by atoms with van der Waals surface area (Å²) in [7, 11) is -3.20. The molecule has 0 radical (unpaired) electrons. The van der Waals surface area contributed by atoms with Crippen molar-refractivity contribution in [3.05, 3.63) is 60.7 Å². The molecule has 7 heteroatoms. The lowest BCUT2D eigenvalue weighted by molar-refractivity contribution is -0.139. The lowest BCUT2D eigenvalue weighted by Crippen LogP contribution is -2.75. The molecule has 2 rings (SSSR count). The summed E-state index contributed by atoms with van der Waals surface area (Å²) in [5.41, 5.74) is -1.43. The first-order valence-electron chi connectivity index (χ1n) is 9.55. The van der Waals surface area contributed by atoms with E-state index in [1.807, 2.05) is 81.4 Å². The van der Waals surface area contributed by atoms with Gasteiger partial charge in [0.25, 0.3) is 0 Å². The monoisotopic (exact) mass is 418 g/mol. The third-order valence-electron chi connectivity index (χ3n) is 5.60. The van der Waals surface area contributed by atoms with Crippen molar-refractivity contribution in [3.8, 4) is 0 Å². The van der Waals surface area contributed by atoms with Crippen LogP contribution in [0, 0.1) is 0 Å². The Kier molecular flexibility index (Phi) is 7.50. The van der Waals surface area contributed by atoms with Crippen LogP contribution in [0.1, 0.15) is 20.8 Å². The van der Waals surface area contributed by atoms with E-state index in [1.54, 1.807) is 0 Å². The minimum atomic E-state index is -3.20. The van der Waals surface area contributed by atoms with Gasteiger partial charge in [0.2, 0.25) is 0 Å². The summed E-state index contributed by atoms with van der Waals surface area (Å²) in [4.78, 5) is 10.8. The van der Waals surface area contributed by atoms with Crippen molar-refractivity contribution in [2.45, 2.75) is 56.0 Å². The van der Waals surface area contributed by atoms with Gasteiger partial charge in [0, 0.05) is 0 Å². The molecule has 0 aliphatic rings. The number of aliphatic hydroxyl groups is 5. The van der Waals surface area contributed by atoms with E-state index in [1.165, 1.54) is 0 Å². The first kappa shape index (κ1) is 23.4. The minimum absolute atomic E-state index is 0.0792. The van der Waals surface area contributed by atoms with E-state index in [0.29, 0.717) is 0 Å². The average molecular weight is 419 g/mol. The van der Waals surface area contributed by atoms with Gasteiger partial charge in [0.15, 0.2) is 14.4 Å². The molecule has 0 aliphatic carbocycles. The molecule has 0 spiro atoms. The maximum absolute atomic E-state index is 11.5. The van der Waals surface area contributed by atoms with Crippen LogP contribution in [0.15, 0.2) is 60.7 Å². The van der Waals surface area contributed by atoms with E-state index in [-0.39, 0.29) is 6.29 Å². The molecule has 29 heavy (non-hydrogen) atoms. The summed E-state index contributed by atoms with van der Waals surface area (Å²) in [5.74, 6) is 0. The van der Waals surface area contributed by atoms with Gasteiger partial charge in [-0.25, -0.2) is 0 Å². The zero-order valence-corrected chi connectivity index (χ0v) is 17.9. The Morgan fingerprint density at radius 3 is 1.48 bits per heavy atom. The van der Waals surface area contributed by atoms with Crippen molar-refractivity contribution >= 4 is 24.7 Å². The van der Waals surface area contributed by atoms with E-state index >= 15 is 0 Å². The quantitative estimate of drug-likeness (QED) is 0.294. The van der Waals surface area contributed by atoms with Crippen LogP contribution in [0.3, 0.4) is 0 Å². The predicted molar refractivity (Wildman–Crippen MR) is 114 cm³/mol. The van der Waals surface area contributed by atoms with Crippen LogP contribution in [-0.4, -0.2) is 70.0 Å². The molecule has 6 nitrogen and oxygen atoms in total. The normalized spacial score (nSPS) is 17.8. The van der Waals surface area contributed by atoms with Gasteiger partial charge in [-0.2, -0.15) is 0 Å². The van der Waals surface area contributed by atoms with Gasteiger partial charge in [0.1, 0.15) is 24.4 Å². The van der Waals surface area contributed by atoms with Crippen LogP contribution in [0.4, 0.5) is 0 Å². The van der Waals surface area contributed by atoms with Crippen LogP contribution >= 0.6 is 0 Å². The number of hydrogen-bond donors (Lipinski definition) is 5. The first-order valence-corrected chi connectivity index (χ1v) is 11.6. The van der Waals surface area contributed by atoms with Gasteiger partial charge in [0.05, 0.1) is 5.73 Å². The van der Waals surface area contributed by atoms with Crippen LogP contribution in [0.25, 0.3) is 0 Å². The number of aldehydes is 1. The minimum Gasteiger partial charge on any atom is -0.393 e. The van der Waals surface area contributed by atoms with Crippen molar-refractivity contribution < 1.29 is 30.3 Å². The van der Waals surface area contributed by atoms with E-state index in [9.17, 15) is 30.3 Å². The molecule has 0 amide bonds. The third-order valence-corrected chi connectivity index (χ3v) is 11.7. The van der Waals surface area contributed by atoms with Crippen molar-refractivity contribution in [1.82, 2.24) is 0 Å². The zero-order valence-electron chi connectivity index (χ0n) is 16.9. The largest absolute Gasteiger partial charge is 0.393 e. The zero-order chi connectivity index (χ0) is 21.8. The second-order valence-electron chi connectivity index (χ2n) is 8.33. The van der Waals surface area contributed by atoms with Crippen molar-refractivity contribution in [3.63, 3.8) is 0 Å². The van der Waals surface area contributed by atoms with Gasteiger partial charge < -0.3 is 30.3 Å². The Morgan fingerprint density at radius 2 is 1.14 bits per heavy atom. The lowest BCUT2D eigenvalue weighted by atomic mass is 10.0. The number of benzene rings is 2. The molecule has 0 aliphatic heterocycles. The van der Waals surface area contributed by atoms with E-state index in [0.717, 1.165) is 10.4 Å². The Morgan fingerprint density at radius 1 is 0.724 bits per heavy atom. The molecule has 0 saturated heterocycles. The van der Waals surface area contributed by atoms with Crippen LogP contribution < -0.4 is 10.4 Å². The fourth-order valence-electron chi connectivity index (χ4n) is 4.15. The maximum atomic E-state index is 11.5. The molecule has 0 bridgehead atoms. The molecular weight excluding hydrogens is 388 g/mol. The number of rotatable bonds is 8. The summed E-state index contributed by atoms with van der Waals surface area (Å²) in [6, 6.07) is 18.7. The summed E-state index contributed by atoms with van der Waals surface area (Å²) in [6.07, 6.45) is -7.41. The highest BCUT2D eigenvalue weighted by molar-refractivity contribution is 7.05. The molecule has 5 atom stereocenters. The average Bonchev–Trinajstić information content (AvgIpc) is 2.72. The summed E-state index contributed by atoms with van der Waals surface area (Å²) >= 11 is 0. The SMILES string of the molecule is CC(C)(C)[Si](c1ccccc1)(c1ccccc1)C(O)[C@@H](O)[C@@H](O)[C@H](O)[C@@H](O)C=O. The van der Waals surface area contributed by atoms with Gasteiger partial charge in [-0.3, -0.25) is 0 Å². The van der Waals surface area contributed by atoms with Crippen LogP contribution in [0.2, 0.25) is 5.04 Å². The predicted octanol–water partition coefficient (Wildman–Crippen LogP) is -0.408. The fourth-order valence-corrected chi connectivity index (χ4v) is 9.93. The molecule has 1 unspecified atom stereocenters. The van der Waals surface area contributed by atoms with Crippen LogP contribution in [-0.2, 0) is 4.79 Å². The second kappa shape index (κ2) is 9.29. The number of carbonyl (C=O) groups is 1. The Bertz CT molecular complexity index is 737.